The Morgan fingerprint density at radius 3 is 2.56 bits per heavy atom. The minimum absolute atomic E-state index is 0.122. The number of hydrogen-bond acceptors (Lipinski definition) is 3. The molecule has 0 bridgehead atoms. The Balaban J connectivity index is 2.07. The zero-order chi connectivity index (χ0) is 13.1. The van der Waals surface area contributed by atoms with E-state index in [1.54, 1.807) is 7.11 Å². The van der Waals surface area contributed by atoms with E-state index in [2.05, 4.69) is 5.32 Å². The lowest BCUT2D eigenvalue weighted by molar-refractivity contribution is 0.126. The number of aliphatic hydroxyl groups excluding tert-OH is 1. The Labute approximate surface area is 113 Å². The number of methoxy groups -OCH3 is 1. The highest BCUT2D eigenvalue weighted by molar-refractivity contribution is 6.32. The highest BCUT2D eigenvalue weighted by Gasteiger charge is 2.19. The van der Waals surface area contributed by atoms with E-state index in [1.165, 1.54) is 0 Å². The van der Waals surface area contributed by atoms with E-state index in [0.717, 1.165) is 36.9 Å². The average Bonchev–Trinajstić information content (AvgIpc) is 2.36. The quantitative estimate of drug-likeness (QED) is 0.884. The van der Waals surface area contributed by atoms with Gasteiger partial charge in [0.25, 0.3) is 0 Å². The van der Waals surface area contributed by atoms with Gasteiger partial charge < -0.3 is 15.2 Å². The van der Waals surface area contributed by atoms with Crippen LogP contribution in [0.1, 0.15) is 31.2 Å². The van der Waals surface area contributed by atoms with Crippen LogP contribution in [0, 0.1) is 6.92 Å². The number of halogens is 1. The van der Waals surface area contributed by atoms with Crippen molar-refractivity contribution in [2.45, 2.75) is 44.8 Å². The second kappa shape index (κ2) is 5.81. The van der Waals surface area contributed by atoms with E-state index in [1.807, 2.05) is 19.1 Å². The third-order valence-corrected chi connectivity index (χ3v) is 3.85. The SMILES string of the molecule is COc1cc(C)c(NC2CCC(O)CC2)cc1Cl. The summed E-state index contributed by atoms with van der Waals surface area (Å²) in [6.07, 6.45) is 3.64. The Morgan fingerprint density at radius 1 is 1.28 bits per heavy atom. The number of ether oxygens (including phenoxy) is 1. The number of aliphatic hydroxyl groups is 1. The molecule has 0 aromatic heterocycles. The molecule has 2 N–H and O–H groups in total. The van der Waals surface area contributed by atoms with Crippen LogP contribution in [0.5, 0.6) is 5.75 Å². The van der Waals surface area contributed by atoms with Crippen molar-refractivity contribution in [3.05, 3.63) is 22.7 Å². The van der Waals surface area contributed by atoms with Crippen LogP contribution in [0.25, 0.3) is 0 Å². The van der Waals surface area contributed by atoms with Crippen LogP contribution < -0.4 is 10.1 Å². The van der Waals surface area contributed by atoms with Gasteiger partial charge in [-0.05, 0) is 50.3 Å². The first-order valence-corrected chi connectivity index (χ1v) is 6.76. The largest absolute Gasteiger partial charge is 0.495 e. The van der Waals surface area contributed by atoms with E-state index >= 15 is 0 Å². The zero-order valence-corrected chi connectivity index (χ0v) is 11.6. The fourth-order valence-electron chi connectivity index (χ4n) is 2.41. The van der Waals surface area contributed by atoms with Crippen molar-refractivity contribution < 1.29 is 9.84 Å². The van der Waals surface area contributed by atoms with Crippen molar-refractivity contribution in [2.24, 2.45) is 0 Å². The summed E-state index contributed by atoms with van der Waals surface area (Å²) in [6.45, 7) is 2.04. The fraction of sp³-hybridized carbons (Fsp3) is 0.571. The second-order valence-electron chi connectivity index (χ2n) is 4.95. The molecule has 1 saturated carbocycles. The number of aryl methyl sites for hydroxylation is 1. The van der Waals surface area contributed by atoms with Crippen LogP contribution in [0.4, 0.5) is 5.69 Å². The molecular formula is C14H20ClNO2. The normalized spacial score (nSPS) is 23.8. The van der Waals surface area contributed by atoms with Crippen molar-refractivity contribution in [3.63, 3.8) is 0 Å². The molecule has 0 amide bonds. The van der Waals surface area contributed by atoms with Crippen LogP contribution >= 0.6 is 11.6 Å². The van der Waals surface area contributed by atoms with Gasteiger partial charge in [-0.2, -0.15) is 0 Å². The van der Waals surface area contributed by atoms with Gasteiger partial charge in [0.15, 0.2) is 0 Å². The van der Waals surface area contributed by atoms with Gasteiger partial charge >= 0.3 is 0 Å². The molecule has 100 valence electrons. The molecule has 1 aromatic rings. The lowest BCUT2D eigenvalue weighted by Crippen LogP contribution is -2.28. The van der Waals surface area contributed by atoms with Crippen LogP contribution in [0.15, 0.2) is 12.1 Å². The third-order valence-electron chi connectivity index (χ3n) is 3.56. The number of hydrogen-bond donors (Lipinski definition) is 2. The van der Waals surface area contributed by atoms with E-state index in [-0.39, 0.29) is 6.10 Å². The molecule has 1 aliphatic rings. The molecule has 1 aromatic carbocycles. The molecule has 1 aliphatic carbocycles. The molecule has 2 rings (SSSR count). The highest BCUT2D eigenvalue weighted by Crippen LogP contribution is 2.32. The molecule has 0 spiro atoms. The summed E-state index contributed by atoms with van der Waals surface area (Å²) < 4.78 is 5.19. The van der Waals surface area contributed by atoms with Crippen molar-refractivity contribution in [3.8, 4) is 5.75 Å². The molecule has 0 aliphatic heterocycles. The molecule has 0 heterocycles. The van der Waals surface area contributed by atoms with Crippen LogP contribution in [0.3, 0.4) is 0 Å². The molecule has 3 nitrogen and oxygen atoms in total. The van der Waals surface area contributed by atoms with Gasteiger partial charge in [-0.3, -0.25) is 0 Å². The number of nitrogens with one attached hydrogen (secondary N) is 1. The van der Waals surface area contributed by atoms with Crippen molar-refractivity contribution in [1.29, 1.82) is 0 Å². The van der Waals surface area contributed by atoms with Gasteiger partial charge in [0.2, 0.25) is 0 Å². The lowest BCUT2D eigenvalue weighted by Gasteiger charge is -2.27. The van der Waals surface area contributed by atoms with Crippen LogP contribution in [0.2, 0.25) is 5.02 Å². The summed E-state index contributed by atoms with van der Waals surface area (Å²) in [6, 6.07) is 4.29. The average molecular weight is 270 g/mol. The van der Waals surface area contributed by atoms with Crippen molar-refractivity contribution in [1.82, 2.24) is 0 Å². The summed E-state index contributed by atoms with van der Waals surface area (Å²) in [5.74, 6) is 0.707. The summed E-state index contributed by atoms with van der Waals surface area (Å²) >= 11 is 6.14. The predicted molar refractivity (Wildman–Crippen MR) is 74.6 cm³/mol. The maximum absolute atomic E-state index is 9.49. The molecular weight excluding hydrogens is 250 g/mol. The van der Waals surface area contributed by atoms with E-state index in [4.69, 9.17) is 16.3 Å². The van der Waals surface area contributed by atoms with Gasteiger partial charge in [0.05, 0.1) is 18.2 Å². The molecule has 0 radical (unpaired) electrons. The van der Waals surface area contributed by atoms with Crippen molar-refractivity contribution in [2.75, 3.05) is 12.4 Å². The second-order valence-corrected chi connectivity index (χ2v) is 5.36. The smallest absolute Gasteiger partial charge is 0.137 e. The van der Waals surface area contributed by atoms with Gasteiger partial charge in [-0.15, -0.1) is 0 Å². The van der Waals surface area contributed by atoms with Crippen LogP contribution in [-0.4, -0.2) is 24.4 Å². The van der Waals surface area contributed by atoms with Crippen molar-refractivity contribution >= 4 is 17.3 Å². The van der Waals surface area contributed by atoms with Crippen LogP contribution in [-0.2, 0) is 0 Å². The lowest BCUT2D eigenvalue weighted by atomic mass is 9.93. The zero-order valence-electron chi connectivity index (χ0n) is 10.9. The first-order chi connectivity index (χ1) is 8.60. The molecule has 0 saturated heterocycles. The molecule has 0 unspecified atom stereocenters. The molecule has 1 fully saturated rings. The molecule has 0 atom stereocenters. The number of benzene rings is 1. The van der Waals surface area contributed by atoms with E-state index < -0.39 is 0 Å². The van der Waals surface area contributed by atoms with E-state index in [0.29, 0.717) is 16.8 Å². The van der Waals surface area contributed by atoms with Gasteiger partial charge in [0, 0.05) is 11.7 Å². The Hall–Kier alpha value is -0.930. The van der Waals surface area contributed by atoms with Gasteiger partial charge in [-0.25, -0.2) is 0 Å². The summed E-state index contributed by atoms with van der Waals surface area (Å²) in [4.78, 5) is 0. The van der Waals surface area contributed by atoms with Gasteiger partial charge in [-0.1, -0.05) is 11.6 Å². The minimum atomic E-state index is -0.122. The topological polar surface area (TPSA) is 41.5 Å². The predicted octanol–water partition coefficient (Wildman–Crippen LogP) is 3.37. The first kappa shape index (κ1) is 13.5. The maximum atomic E-state index is 9.49. The van der Waals surface area contributed by atoms with Gasteiger partial charge in [0.1, 0.15) is 5.75 Å². The van der Waals surface area contributed by atoms with E-state index in [9.17, 15) is 5.11 Å². The Bertz CT molecular complexity index is 415. The summed E-state index contributed by atoms with van der Waals surface area (Å²) in [7, 11) is 1.62. The monoisotopic (exact) mass is 269 g/mol. The maximum Gasteiger partial charge on any atom is 0.137 e. The molecule has 18 heavy (non-hydrogen) atoms. The summed E-state index contributed by atoms with van der Waals surface area (Å²) in [5.41, 5.74) is 2.18. The molecule has 4 heteroatoms. The number of anilines is 1. The fourth-order valence-corrected chi connectivity index (χ4v) is 2.65. The number of rotatable bonds is 3. The Kier molecular flexibility index (Phi) is 4.36. The third kappa shape index (κ3) is 3.09. The summed E-state index contributed by atoms with van der Waals surface area (Å²) in [5, 5.41) is 13.6. The standard InChI is InChI=1S/C14H20ClNO2/c1-9-7-14(18-2)12(15)8-13(9)16-10-3-5-11(17)6-4-10/h7-8,10-11,16-17H,3-6H2,1-2H3. The Morgan fingerprint density at radius 2 is 1.94 bits per heavy atom. The first-order valence-electron chi connectivity index (χ1n) is 6.39. The highest BCUT2D eigenvalue weighted by atomic mass is 35.5. The minimum Gasteiger partial charge on any atom is -0.495 e.